The summed E-state index contributed by atoms with van der Waals surface area (Å²) in [7, 11) is 0. The first kappa shape index (κ1) is 15.6. The fourth-order valence-electron chi connectivity index (χ4n) is 3.18. The summed E-state index contributed by atoms with van der Waals surface area (Å²) >= 11 is 0. The number of hydrogen-bond acceptors (Lipinski definition) is 1. The zero-order valence-corrected chi connectivity index (χ0v) is 13.6. The van der Waals surface area contributed by atoms with E-state index in [4.69, 9.17) is 0 Å². The molecule has 2 unspecified atom stereocenters. The largest absolute Gasteiger partial charge is 0.354 e. The van der Waals surface area contributed by atoms with Gasteiger partial charge in [0.05, 0.1) is 0 Å². The number of hydrogen-bond donors (Lipinski definition) is 1. The zero-order chi connectivity index (χ0) is 14.4. The predicted molar refractivity (Wildman–Crippen MR) is 86.9 cm³/mol. The Labute approximate surface area is 125 Å². The second kappa shape index (κ2) is 7.87. The molecule has 0 saturated heterocycles. The van der Waals surface area contributed by atoms with Crippen molar-refractivity contribution in [2.75, 3.05) is 6.54 Å². The van der Waals surface area contributed by atoms with Gasteiger partial charge in [0.2, 0.25) is 0 Å². The van der Waals surface area contributed by atoms with Crippen molar-refractivity contribution in [3.05, 3.63) is 24.0 Å². The van der Waals surface area contributed by atoms with E-state index in [1.165, 1.54) is 50.6 Å². The Morgan fingerprint density at radius 1 is 1.30 bits per heavy atom. The fourth-order valence-corrected chi connectivity index (χ4v) is 3.18. The summed E-state index contributed by atoms with van der Waals surface area (Å²) in [5.41, 5.74) is 1.50. The first-order valence-corrected chi connectivity index (χ1v) is 8.67. The van der Waals surface area contributed by atoms with E-state index in [-0.39, 0.29) is 0 Å². The standard InChI is InChI=1S/C18H32N2/c1-4-7-8-15(5-2)13-20-12-11-17(14-20)18(19-6-3)16-9-10-16/h11-12,14-16,18-19H,4-10,13H2,1-3H3. The van der Waals surface area contributed by atoms with Crippen LogP contribution in [0.1, 0.15) is 70.9 Å². The number of aromatic nitrogens is 1. The monoisotopic (exact) mass is 276 g/mol. The zero-order valence-electron chi connectivity index (χ0n) is 13.6. The van der Waals surface area contributed by atoms with E-state index in [2.05, 4.69) is 49.1 Å². The number of nitrogens with one attached hydrogen (secondary N) is 1. The van der Waals surface area contributed by atoms with E-state index in [9.17, 15) is 0 Å². The minimum absolute atomic E-state index is 0.594. The van der Waals surface area contributed by atoms with Crippen molar-refractivity contribution >= 4 is 0 Å². The van der Waals surface area contributed by atoms with Gasteiger partial charge in [-0.3, -0.25) is 0 Å². The van der Waals surface area contributed by atoms with Crippen molar-refractivity contribution in [3.63, 3.8) is 0 Å². The van der Waals surface area contributed by atoms with Gasteiger partial charge in [-0.25, -0.2) is 0 Å². The van der Waals surface area contributed by atoms with E-state index < -0.39 is 0 Å². The third kappa shape index (κ3) is 4.37. The predicted octanol–water partition coefficient (Wildman–Crippen LogP) is 4.77. The molecule has 1 aromatic heterocycles. The molecule has 20 heavy (non-hydrogen) atoms. The summed E-state index contributed by atoms with van der Waals surface area (Å²) in [5, 5.41) is 3.66. The fraction of sp³-hybridized carbons (Fsp3) is 0.778. The van der Waals surface area contributed by atoms with Gasteiger partial charge in [-0.15, -0.1) is 0 Å². The maximum absolute atomic E-state index is 3.66. The molecule has 114 valence electrons. The molecule has 0 radical (unpaired) electrons. The Kier molecular flexibility index (Phi) is 6.15. The van der Waals surface area contributed by atoms with E-state index in [1.54, 1.807) is 0 Å². The normalized spacial score (nSPS) is 18.1. The second-order valence-electron chi connectivity index (χ2n) is 6.43. The van der Waals surface area contributed by atoms with Gasteiger partial charge in [-0.05, 0) is 49.3 Å². The highest BCUT2D eigenvalue weighted by Gasteiger charge is 2.32. The molecule has 2 nitrogen and oxygen atoms in total. The lowest BCUT2D eigenvalue weighted by Crippen LogP contribution is -2.22. The molecule has 1 saturated carbocycles. The number of rotatable bonds is 10. The van der Waals surface area contributed by atoms with Gasteiger partial charge in [0.25, 0.3) is 0 Å². The van der Waals surface area contributed by atoms with Crippen LogP contribution in [-0.2, 0) is 6.54 Å². The average Bonchev–Trinajstić information content (AvgIpc) is 3.20. The summed E-state index contributed by atoms with van der Waals surface area (Å²) in [6.07, 6.45) is 12.8. The Bertz CT molecular complexity index is 379. The molecule has 0 spiro atoms. The van der Waals surface area contributed by atoms with Crippen molar-refractivity contribution in [1.29, 1.82) is 0 Å². The topological polar surface area (TPSA) is 17.0 Å². The van der Waals surface area contributed by atoms with Crippen LogP contribution in [0.15, 0.2) is 18.5 Å². The van der Waals surface area contributed by atoms with Crippen LogP contribution in [0.25, 0.3) is 0 Å². The Morgan fingerprint density at radius 2 is 2.10 bits per heavy atom. The third-order valence-electron chi connectivity index (χ3n) is 4.66. The smallest absolute Gasteiger partial charge is 0.0363 e. The van der Waals surface area contributed by atoms with Crippen molar-refractivity contribution in [1.82, 2.24) is 9.88 Å². The van der Waals surface area contributed by atoms with E-state index in [0.29, 0.717) is 6.04 Å². The van der Waals surface area contributed by atoms with Crippen LogP contribution in [0.5, 0.6) is 0 Å². The molecule has 1 aliphatic rings. The summed E-state index contributed by atoms with van der Waals surface area (Å²) in [5.74, 6) is 1.72. The highest BCUT2D eigenvalue weighted by Crippen LogP contribution is 2.41. The summed E-state index contributed by atoms with van der Waals surface area (Å²) in [6.45, 7) is 9.10. The first-order valence-electron chi connectivity index (χ1n) is 8.67. The van der Waals surface area contributed by atoms with Crippen LogP contribution in [0.4, 0.5) is 0 Å². The molecule has 2 atom stereocenters. The van der Waals surface area contributed by atoms with Crippen LogP contribution in [0.3, 0.4) is 0 Å². The van der Waals surface area contributed by atoms with Crippen molar-refractivity contribution in [3.8, 4) is 0 Å². The van der Waals surface area contributed by atoms with E-state index in [1.807, 2.05) is 0 Å². The Balaban J connectivity index is 1.93. The SMILES string of the molecule is CCCCC(CC)Cn1ccc(C(NCC)C2CC2)c1. The van der Waals surface area contributed by atoms with E-state index in [0.717, 1.165) is 18.4 Å². The van der Waals surface area contributed by atoms with Gasteiger partial charge in [0.1, 0.15) is 0 Å². The number of nitrogens with zero attached hydrogens (tertiary/aromatic N) is 1. The quantitative estimate of drug-likeness (QED) is 0.651. The number of unbranched alkanes of at least 4 members (excludes halogenated alkanes) is 1. The average molecular weight is 276 g/mol. The van der Waals surface area contributed by atoms with Crippen LogP contribution in [-0.4, -0.2) is 11.1 Å². The molecule has 0 amide bonds. The lowest BCUT2D eigenvalue weighted by atomic mass is 9.99. The summed E-state index contributed by atoms with van der Waals surface area (Å²) < 4.78 is 2.42. The van der Waals surface area contributed by atoms with E-state index >= 15 is 0 Å². The molecule has 1 fully saturated rings. The Morgan fingerprint density at radius 3 is 2.70 bits per heavy atom. The molecule has 2 rings (SSSR count). The lowest BCUT2D eigenvalue weighted by molar-refractivity contribution is 0.390. The lowest BCUT2D eigenvalue weighted by Gasteiger charge is -2.17. The van der Waals surface area contributed by atoms with Gasteiger partial charge in [-0.2, -0.15) is 0 Å². The van der Waals surface area contributed by atoms with Gasteiger partial charge in [0.15, 0.2) is 0 Å². The first-order chi connectivity index (χ1) is 9.78. The van der Waals surface area contributed by atoms with Gasteiger partial charge >= 0.3 is 0 Å². The van der Waals surface area contributed by atoms with Gasteiger partial charge in [0, 0.05) is 25.0 Å². The maximum Gasteiger partial charge on any atom is 0.0363 e. The third-order valence-corrected chi connectivity index (χ3v) is 4.66. The van der Waals surface area contributed by atoms with Crippen LogP contribution in [0, 0.1) is 11.8 Å². The molecule has 1 aromatic rings. The van der Waals surface area contributed by atoms with Crippen LogP contribution >= 0.6 is 0 Å². The highest BCUT2D eigenvalue weighted by atomic mass is 15.0. The van der Waals surface area contributed by atoms with Crippen LogP contribution in [0.2, 0.25) is 0 Å². The van der Waals surface area contributed by atoms with Gasteiger partial charge < -0.3 is 9.88 Å². The molecule has 1 aliphatic carbocycles. The molecule has 1 heterocycles. The molecule has 0 aliphatic heterocycles. The molecule has 2 heteroatoms. The van der Waals surface area contributed by atoms with Crippen LogP contribution < -0.4 is 5.32 Å². The molecule has 0 aromatic carbocycles. The maximum atomic E-state index is 3.66. The summed E-state index contributed by atoms with van der Waals surface area (Å²) in [6, 6.07) is 2.93. The minimum Gasteiger partial charge on any atom is -0.354 e. The van der Waals surface area contributed by atoms with Crippen molar-refractivity contribution in [2.24, 2.45) is 11.8 Å². The summed E-state index contributed by atoms with van der Waals surface area (Å²) in [4.78, 5) is 0. The molecule has 1 N–H and O–H groups in total. The second-order valence-corrected chi connectivity index (χ2v) is 6.43. The Hall–Kier alpha value is -0.760. The highest BCUT2D eigenvalue weighted by molar-refractivity contribution is 5.18. The van der Waals surface area contributed by atoms with Crippen molar-refractivity contribution in [2.45, 2.75) is 71.9 Å². The minimum atomic E-state index is 0.594. The van der Waals surface area contributed by atoms with Crippen molar-refractivity contribution < 1.29 is 0 Å². The molecular weight excluding hydrogens is 244 g/mol. The molecular formula is C18H32N2. The molecule has 0 bridgehead atoms. The van der Waals surface area contributed by atoms with Gasteiger partial charge in [-0.1, -0.05) is 40.0 Å².